The van der Waals surface area contributed by atoms with E-state index in [0.717, 1.165) is 71.3 Å². The molecule has 1 aromatic heterocycles. The number of hydrogen-bond acceptors (Lipinski definition) is 2. The van der Waals surface area contributed by atoms with Crippen molar-refractivity contribution in [3.05, 3.63) is 143 Å². The van der Waals surface area contributed by atoms with E-state index >= 15 is 0 Å². The number of nitrogens with zero attached hydrogens (tertiary/aromatic N) is 2. The van der Waals surface area contributed by atoms with Crippen molar-refractivity contribution < 1.29 is 13.2 Å². The second-order valence-electron chi connectivity index (χ2n) is 15.8. The number of halogens is 3. The summed E-state index contributed by atoms with van der Waals surface area (Å²) in [5.74, 6) is -3.02. The maximum Gasteiger partial charge on any atom is 0.295 e. The van der Waals surface area contributed by atoms with Crippen molar-refractivity contribution in [1.29, 1.82) is 0 Å². The number of rotatable bonds is 16. The van der Waals surface area contributed by atoms with Gasteiger partial charge in [0, 0.05) is 45.0 Å². The minimum absolute atomic E-state index is 0.362. The van der Waals surface area contributed by atoms with E-state index in [2.05, 4.69) is 112 Å². The van der Waals surface area contributed by atoms with Gasteiger partial charge in [-0.3, -0.25) is 4.99 Å². The van der Waals surface area contributed by atoms with Crippen LogP contribution in [0, 0.1) is 26.7 Å². The van der Waals surface area contributed by atoms with Crippen molar-refractivity contribution in [2.45, 2.75) is 92.8 Å². The number of benzene rings is 5. The Labute approximate surface area is 331 Å². The Morgan fingerprint density at radius 2 is 1.52 bits per heavy atom. The molecule has 6 aromatic rings. The van der Waals surface area contributed by atoms with Crippen LogP contribution >= 0.6 is 0 Å². The molecule has 3 nitrogen and oxygen atoms in total. The molecule has 0 radical (unpaired) electrons. The predicted octanol–water partition coefficient (Wildman–Crippen LogP) is 14.0. The highest BCUT2D eigenvalue weighted by atomic mass is 19.3. The fourth-order valence-electron chi connectivity index (χ4n) is 8.26. The van der Waals surface area contributed by atoms with E-state index < -0.39 is 18.6 Å². The number of nitrogens with one attached hydrogen (secondary N) is 1. The van der Waals surface area contributed by atoms with Crippen molar-refractivity contribution in [2.24, 2.45) is 10.9 Å². The van der Waals surface area contributed by atoms with Gasteiger partial charge in [0.05, 0.1) is 24.3 Å². The quantitative estimate of drug-likeness (QED) is 0.0773. The minimum atomic E-state index is -3.53. The number of hydrogen-bond donors (Lipinski definition) is 1. The molecule has 0 saturated heterocycles. The Morgan fingerprint density at radius 1 is 0.839 bits per heavy atom. The minimum Gasteiger partial charge on any atom is -0.378 e. The molecule has 0 saturated carbocycles. The number of para-hydroxylation sites is 1. The Hall–Kier alpha value is -5.10. The molecule has 1 heterocycles. The number of aliphatic imine (C=N–C) groups is 1. The van der Waals surface area contributed by atoms with Gasteiger partial charge >= 0.3 is 0 Å². The summed E-state index contributed by atoms with van der Waals surface area (Å²) in [4.78, 5) is 5.05. The average molecular weight is 756 g/mol. The Kier molecular flexibility index (Phi) is 12.3. The van der Waals surface area contributed by atoms with Crippen LogP contribution in [0.4, 0.5) is 18.9 Å². The van der Waals surface area contributed by atoms with Crippen LogP contribution in [0.25, 0.3) is 38.2 Å². The van der Waals surface area contributed by atoms with Crippen molar-refractivity contribution in [3.63, 3.8) is 0 Å². The normalized spacial score (nSPS) is 13.4. The fourth-order valence-corrected chi connectivity index (χ4v) is 8.26. The molecule has 0 bridgehead atoms. The summed E-state index contributed by atoms with van der Waals surface area (Å²) in [5.41, 5.74) is 12.7. The first-order valence-electron chi connectivity index (χ1n) is 20.0. The molecule has 2 unspecified atom stereocenters. The maximum absolute atomic E-state index is 14.5. The lowest BCUT2D eigenvalue weighted by Crippen LogP contribution is -2.35. The van der Waals surface area contributed by atoms with Crippen LogP contribution < -0.4 is 5.32 Å². The first kappa shape index (κ1) is 40.6. The lowest BCUT2D eigenvalue weighted by molar-refractivity contribution is -0.0520. The van der Waals surface area contributed by atoms with Crippen LogP contribution in [0.15, 0.2) is 109 Å². The highest BCUT2D eigenvalue weighted by Crippen LogP contribution is 2.42. The molecule has 0 aliphatic rings. The third-order valence-corrected chi connectivity index (χ3v) is 11.2. The van der Waals surface area contributed by atoms with Gasteiger partial charge in [0.1, 0.15) is 0 Å². The molecule has 6 heteroatoms. The van der Waals surface area contributed by atoms with E-state index in [1.165, 1.54) is 45.0 Å². The molecule has 56 heavy (non-hydrogen) atoms. The summed E-state index contributed by atoms with van der Waals surface area (Å²) in [6.45, 7) is 23.1. The standard InChI is InChI=1S/C50H56F3N3/c1-10-12-17-37(11-2)29-56-46-23-22-38(48(54-28-31(3)4)41-20-15-16-21-45(41)55-30-50(52,53)36(9)51)26-43(46)44-27-42(39-18-13-14-19-40(39)49(44)56)35(8)47-33(6)24-32(5)25-34(47)7/h13-16,18-27,36-37,55H,3,8,10-12,17,28-30H2,1-2,4-7,9H3. The van der Waals surface area contributed by atoms with E-state index in [1.54, 1.807) is 12.1 Å². The molecule has 5 aromatic carbocycles. The zero-order valence-corrected chi connectivity index (χ0v) is 34.1. The molecule has 0 fully saturated rings. The summed E-state index contributed by atoms with van der Waals surface area (Å²) in [6, 6.07) is 29.3. The van der Waals surface area contributed by atoms with E-state index in [1.807, 2.05) is 19.1 Å². The largest absolute Gasteiger partial charge is 0.378 e. The first-order chi connectivity index (χ1) is 26.7. The molecular weight excluding hydrogens is 700 g/mol. The topological polar surface area (TPSA) is 29.3 Å². The van der Waals surface area contributed by atoms with Crippen LogP contribution in [-0.4, -0.2) is 35.5 Å². The molecule has 292 valence electrons. The number of alkyl halides is 3. The van der Waals surface area contributed by atoms with E-state index in [-0.39, 0.29) is 0 Å². The lowest BCUT2D eigenvalue weighted by Gasteiger charge is -2.21. The molecule has 2 atom stereocenters. The van der Waals surface area contributed by atoms with Gasteiger partial charge in [-0.25, -0.2) is 13.2 Å². The predicted molar refractivity (Wildman–Crippen MR) is 235 cm³/mol. The van der Waals surface area contributed by atoms with Crippen molar-refractivity contribution in [2.75, 3.05) is 18.4 Å². The Morgan fingerprint density at radius 3 is 2.18 bits per heavy atom. The molecule has 0 aliphatic heterocycles. The fraction of sp³-hybridized carbons (Fsp3) is 0.340. The van der Waals surface area contributed by atoms with Gasteiger partial charge < -0.3 is 9.88 Å². The molecule has 6 rings (SSSR count). The van der Waals surface area contributed by atoms with E-state index in [9.17, 15) is 13.2 Å². The lowest BCUT2D eigenvalue weighted by atomic mass is 9.87. The summed E-state index contributed by atoms with van der Waals surface area (Å²) < 4.78 is 45.4. The zero-order valence-electron chi connectivity index (χ0n) is 34.1. The number of unbranched alkanes of at least 4 members (excludes halogenated alkanes) is 1. The first-order valence-corrected chi connectivity index (χ1v) is 20.0. The second kappa shape index (κ2) is 17.0. The summed E-state index contributed by atoms with van der Waals surface area (Å²) in [6.07, 6.45) is 2.30. The van der Waals surface area contributed by atoms with Crippen LogP contribution in [0.5, 0.6) is 0 Å². The SMILES string of the molecule is C=C(C)CN=C(c1ccc2c(c1)c1cc(C(=C)c3c(C)cc(C)cc3C)c3ccccc3c1n2CC(CC)CCCC)c1ccccc1NCC(F)(F)C(C)F. The van der Waals surface area contributed by atoms with Gasteiger partial charge in [0.15, 0.2) is 6.17 Å². The highest BCUT2D eigenvalue weighted by molar-refractivity contribution is 6.23. The monoisotopic (exact) mass is 755 g/mol. The number of fused-ring (bicyclic) bond motifs is 5. The Bertz CT molecular complexity index is 2420. The van der Waals surface area contributed by atoms with Crippen LogP contribution in [0.1, 0.15) is 92.3 Å². The van der Waals surface area contributed by atoms with Gasteiger partial charge in [-0.05, 0) is 104 Å². The zero-order chi connectivity index (χ0) is 40.3. The Balaban J connectivity index is 1.63. The number of aryl methyl sites for hydroxylation is 3. The van der Waals surface area contributed by atoms with Gasteiger partial charge in [-0.1, -0.05) is 118 Å². The smallest absolute Gasteiger partial charge is 0.295 e. The molecule has 1 N–H and O–H groups in total. The van der Waals surface area contributed by atoms with E-state index in [0.29, 0.717) is 29.4 Å². The highest BCUT2D eigenvalue weighted by Gasteiger charge is 2.36. The van der Waals surface area contributed by atoms with Crippen LogP contribution in [0.3, 0.4) is 0 Å². The molecule has 0 amide bonds. The van der Waals surface area contributed by atoms with Gasteiger partial charge in [-0.15, -0.1) is 0 Å². The van der Waals surface area contributed by atoms with Gasteiger partial charge in [-0.2, -0.15) is 0 Å². The second-order valence-corrected chi connectivity index (χ2v) is 15.8. The third kappa shape index (κ3) is 8.21. The summed E-state index contributed by atoms with van der Waals surface area (Å²) >= 11 is 0. The summed E-state index contributed by atoms with van der Waals surface area (Å²) in [5, 5.41) is 7.42. The van der Waals surface area contributed by atoms with Crippen molar-refractivity contribution >= 4 is 49.6 Å². The summed E-state index contributed by atoms with van der Waals surface area (Å²) in [7, 11) is 0. The number of anilines is 1. The van der Waals surface area contributed by atoms with Gasteiger partial charge in [0.2, 0.25) is 0 Å². The van der Waals surface area contributed by atoms with Crippen molar-refractivity contribution in [1.82, 2.24) is 4.57 Å². The van der Waals surface area contributed by atoms with Gasteiger partial charge in [0.25, 0.3) is 5.92 Å². The van der Waals surface area contributed by atoms with Crippen molar-refractivity contribution in [3.8, 4) is 0 Å². The molecule has 0 aliphatic carbocycles. The molecule has 0 spiro atoms. The average Bonchev–Trinajstić information content (AvgIpc) is 3.47. The van der Waals surface area contributed by atoms with E-state index in [4.69, 9.17) is 11.6 Å². The maximum atomic E-state index is 14.5. The number of aromatic nitrogens is 1. The van der Waals surface area contributed by atoms with Crippen LogP contribution in [-0.2, 0) is 6.54 Å². The third-order valence-electron chi connectivity index (χ3n) is 11.2. The molecular formula is C50H56F3N3. The van der Waals surface area contributed by atoms with Crippen LogP contribution in [0.2, 0.25) is 0 Å².